The lowest BCUT2D eigenvalue weighted by Crippen LogP contribution is -2.33. The molecular formula is C15H17N2OS+. The fourth-order valence-electron chi connectivity index (χ4n) is 1.64. The van der Waals surface area contributed by atoms with E-state index < -0.39 is 0 Å². The second-order valence-corrected chi connectivity index (χ2v) is 5.48. The normalized spacial score (nSPS) is 10.2. The van der Waals surface area contributed by atoms with Gasteiger partial charge in [-0.1, -0.05) is 30.3 Å². The third-order valence-corrected chi connectivity index (χ3v) is 3.63. The van der Waals surface area contributed by atoms with Crippen molar-refractivity contribution in [1.82, 2.24) is 4.90 Å². The molecule has 0 unspecified atom stereocenters. The van der Waals surface area contributed by atoms with Crippen molar-refractivity contribution < 1.29 is 9.36 Å². The SMILES string of the molecule is CN(C)C(=O)Sc1ccc[n+](Cc2ccccc2)c1. The molecule has 0 aliphatic heterocycles. The van der Waals surface area contributed by atoms with Crippen molar-refractivity contribution in [3.05, 3.63) is 60.4 Å². The number of benzene rings is 1. The summed E-state index contributed by atoms with van der Waals surface area (Å²) in [6.07, 6.45) is 4.01. The first-order valence-corrected chi connectivity index (χ1v) is 6.89. The molecule has 2 rings (SSSR count). The largest absolute Gasteiger partial charge is 0.339 e. The molecule has 0 saturated carbocycles. The molecule has 0 spiro atoms. The van der Waals surface area contributed by atoms with Crippen LogP contribution in [0, 0.1) is 0 Å². The Kier molecular flexibility index (Phi) is 4.58. The molecule has 3 nitrogen and oxygen atoms in total. The lowest BCUT2D eigenvalue weighted by molar-refractivity contribution is -0.690. The summed E-state index contributed by atoms with van der Waals surface area (Å²) in [5, 5.41) is 0.0393. The number of nitrogens with zero attached hydrogens (tertiary/aromatic N) is 2. The molecule has 1 amide bonds. The average Bonchev–Trinajstić information content (AvgIpc) is 2.40. The van der Waals surface area contributed by atoms with Crippen LogP contribution in [-0.2, 0) is 6.54 Å². The van der Waals surface area contributed by atoms with Crippen LogP contribution in [0.4, 0.5) is 4.79 Å². The second-order valence-electron chi connectivity index (χ2n) is 4.46. The van der Waals surface area contributed by atoms with Crippen LogP contribution in [0.2, 0.25) is 0 Å². The Morgan fingerprint density at radius 3 is 2.58 bits per heavy atom. The van der Waals surface area contributed by atoms with Gasteiger partial charge in [-0.2, -0.15) is 4.57 Å². The topological polar surface area (TPSA) is 24.2 Å². The Hall–Kier alpha value is -1.81. The summed E-state index contributed by atoms with van der Waals surface area (Å²) in [6.45, 7) is 0.811. The van der Waals surface area contributed by atoms with Gasteiger partial charge in [0, 0.05) is 25.7 Å². The number of carbonyl (C=O) groups is 1. The van der Waals surface area contributed by atoms with Gasteiger partial charge in [-0.05, 0) is 17.8 Å². The summed E-state index contributed by atoms with van der Waals surface area (Å²) in [5.41, 5.74) is 1.24. The van der Waals surface area contributed by atoms with E-state index in [9.17, 15) is 4.79 Å². The summed E-state index contributed by atoms with van der Waals surface area (Å²) in [7, 11) is 3.52. The van der Waals surface area contributed by atoms with Crippen LogP contribution >= 0.6 is 11.8 Å². The van der Waals surface area contributed by atoms with Gasteiger partial charge in [-0.15, -0.1) is 0 Å². The number of rotatable bonds is 3. The minimum atomic E-state index is 0.0393. The van der Waals surface area contributed by atoms with E-state index in [4.69, 9.17) is 0 Å². The van der Waals surface area contributed by atoms with Gasteiger partial charge in [0.1, 0.15) is 0 Å². The fourth-order valence-corrected chi connectivity index (χ4v) is 2.36. The minimum absolute atomic E-state index is 0.0393. The van der Waals surface area contributed by atoms with Crippen LogP contribution in [0.5, 0.6) is 0 Å². The summed E-state index contributed by atoms with van der Waals surface area (Å²) in [6, 6.07) is 14.2. The molecule has 98 valence electrons. The van der Waals surface area contributed by atoms with Gasteiger partial charge in [0.2, 0.25) is 0 Å². The molecule has 0 aliphatic carbocycles. The highest BCUT2D eigenvalue weighted by molar-refractivity contribution is 8.13. The molecule has 1 aromatic heterocycles. The summed E-state index contributed by atoms with van der Waals surface area (Å²) in [4.78, 5) is 14.2. The van der Waals surface area contributed by atoms with Crippen molar-refractivity contribution in [3.8, 4) is 0 Å². The maximum atomic E-state index is 11.7. The van der Waals surface area contributed by atoms with Gasteiger partial charge >= 0.3 is 0 Å². The monoisotopic (exact) mass is 273 g/mol. The van der Waals surface area contributed by atoms with Gasteiger partial charge in [0.15, 0.2) is 18.9 Å². The van der Waals surface area contributed by atoms with E-state index in [0.717, 1.165) is 11.4 Å². The predicted octanol–water partition coefficient (Wildman–Crippen LogP) is 2.80. The number of pyridine rings is 1. The van der Waals surface area contributed by atoms with Gasteiger partial charge in [0.05, 0.1) is 4.90 Å². The van der Waals surface area contributed by atoms with Crippen LogP contribution in [0.15, 0.2) is 59.8 Å². The van der Waals surface area contributed by atoms with Crippen molar-refractivity contribution in [2.75, 3.05) is 14.1 Å². The van der Waals surface area contributed by atoms with E-state index in [-0.39, 0.29) is 5.24 Å². The summed E-state index contributed by atoms with van der Waals surface area (Å²) >= 11 is 1.24. The Morgan fingerprint density at radius 2 is 1.89 bits per heavy atom. The lowest BCUT2D eigenvalue weighted by atomic mass is 10.2. The van der Waals surface area contributed by atoms with Crippen LogP contribution in [0.25, 0.3) is 0 Å². The van der Waals surface area contributed by atoms with E-state index in [0.29, 0.717) is 0 Å². The molecule has 2 aromatic rings. The molecule has 0 saturated heterocycles. The van der Waals surface area contributed by atoms with E-state index in [1.165, 1.54) is 17.3 Å². The third kappa shape index (κ3) is 4.10. The molecule has 0 N–H and O–H groups in total. The Bertz CT molecular complexity index is 555. The maximum Gasteiger partial charge on any atom is 0.286 e. The number of hydrogen-bond acceptors (Lipinski definition) is 2. The molecule has 0 radical (unpaired) electrons. The highest BCUT2D eigenvalue weighted by Gasteiger charge is 2.10. The quantitative estimate of drug-likeness (QED) is 0.634. The van der Waals surface area contributed by atoms with Crippen LogP contribution in [-0.4, -0.2) is 24.2 Å². The molecule has 1 heterocycles. The smallest absolute Gasteiger partial charge is 0.286 e. The van der Waals surface area contributed by atoms with Crippen LogP contribution < -0.4 is 4.57 Å². The molecule has 0 aliphatic rings. The summed E-state index contributed by atoms with van der Waals surface area (Å²) in [5.74, 6) is 0. The standard InChI is InChI=1S/C15H17N2OS/c1-16(2)15(18)19-14-9-6-10-17(12-14)11-13-7-4-3-5-8-13/h3-10,12H,11H2,1-2H3/q+1. The molecular weight excluding hydrogens is 256 g/mol. The van der Waals surface area contributed by atoms with Gasteiger partial charge in [-0.25, -0.2) is 0 Å². The van der Waals surface area contributed by atoms with Crippen molar-refractivity contribution in [3.63, 3.8) is 0 Å². The van der Waals surface area contributed by atoms with Gasteiger partial charge < -0.3 is 4.90 Å². The predicted molar refractivity (Wildman–Crippen MR) is 77.1 cm³/mol. The first-order chi connectivity index (χ1) is 9.15. The Balaban J connectivity index is 2.09. The molecule has 0 atom stereocenters. The van der Waals surface area contributed by atoms with E-state index in [1.807, 2.05) is 42.7 Å². The van der Waals surface area contributed by atoms with E-state index in [1.54, 1.807) is 19.0 Å². The number of thioether (sulfide) groups is 1. The van der Waals surface area contributed by atoms with Gasteiger partial charge in [0.25, 0.3) is 5.24 Å². The third-order valence-electron chi connectivity index (χ3n) is 2.61. The van der Waals surface area contributed by atoms with Crippen molar-refractivity contribution in [1.29, 1.82) is 0 Å². The highest BCUT2D eigenvalue weighted by atomic mass is 32.2. The van der Waals surface area contributed by atoms with Crippen molar-refractivity contribution in [2.24, 2.45) is 0 Å². The Morgan fingerprint density at radius 1 is 1.16 bits per heavy atom. The highest BCUT2D eigenvalue weighted by Crippen LogP contribution is 2.18. The number of aromatic nitrogens is 1. The van der Waals surface area contributed by atoms with Crippen LogP contribution in [0.1, 0.15) is 5.56 Å². The zero-order valence-corrected chi connectivity index (χ0v) is 11.9. The fraction of sp³-hybridized carbons (Fsp3) is 0.200. The van der Waals surface area contributed by atoms with Gasteiger partial charge in [-0.3, -0.25) is 4.79 Å². The molecule has 0 fully saturated rings. The second kappa shape index (κ2) is 6.38. The lowest BCUT2D eigenvalue weighted by Gasteiger charge is -2.08. The van der Waals surface area contributed by atoms with Crippen LogP contribution in [0.3, 0.4) is 0 Å². The number of hydrogen-bond donors (Lipinski definition) is 0. The summed E-state index contributed by atoms with van der Waals surface area (Å²) < 4.78 is 2.08. The average molecular weight is 273 g/mol. The maximum absolute atomic E-state index is 11.7. The molecule has 1 aromatic carbocycles. The molecule has 4 heteroatoms. The number of carbonyl (C=O) groups excluding carboxylic acids is 1. The molecule has 0 bridgehead atoms. The number of amides is 1. The minimum Gasteiger partial charge on any atom is -0.339 e. The Labute approximate surface area is 117 Å². The zero-order valence-electron chi connectivity index (χ0n) is 11.1. The molecule has 19 heavy (non-hydrogen) atoms. The van der Waals surface area contributed by atoms with E-state index in [2.05, 4.69) is 16.7 Å². The first kappa shape index (κ1) is 13.6. The first-order valence-electron chi connectivity index (χ1n) is 6.07. The zero-order chi connectivity index (χ0) is 13.7. The van der Waals surface area contributed by atoms with E-state index >= 15 is 0 Å². The van der Waals surface area contributed by atoms with Crippen molar-refractivity contribution >= 4 is 17.0 Å². The van der Waals surface area contributed by atoms with Crippen molar-refractivity contribution in [2.45, 2.75) is 11.4 Å².